The van der Waals surface area contributed by atoms with E-state index in [2.05, 4.69) is 12.1 Å². The number of carbonyl (C=O) groups excluding carboxylic acids is 2. The zero-order chi connectivity index (χ0) is 27.1. The normalized spacial score (nSPS) is 11.9. The summed E-state index contributed by atoms with van der Waals surface area (Å²) in [6.07, 6.45) is 1.22. The third-order valence-corrected chi connectivity index (χ3v) is 6.36. The van der Waals surface area contributed by atoms with Gasteiger partial charge in [0, 0.05) is 18.8 Å². The molecule has 8 heteroatoms. The lowest BCUT2D eigenvalue weighted by Crippen LogP contribution is -2.38. The summed E-state index contributed by atoms with van der Waals surface area (Å²) in [6.45, 7) is 12.5. The zero-order valence-corrected chi connectivity index (χ0v) is 23.6. The van der Waals surface area contributed by atoms with E-state index in [0.717, 1.165) is 34.8 Å². The maximum Gasteiger partial charge on any atom is 0.410 e. The molecule has 1 aromatic heterocycles. The Labute approximate surface area is 224 Å². The van der Waals surface area contributed by atoms with Crippen LogP contribution in [0.25, 0.3) is 11.0 Å². The Morgan fingerprint density at radius 1 is 0.892 bits per heavy atom. The number of esters is 1. The number of fused-ring (bicyclic) bond motifs is 1. The van der Waals surface area contributed by atoms with Crippen LogP contribution in [0.15, 0.2) is 59.8 Å². The van der Waals surface area contributed by atoms with Crippen LogP contribution in [0.3, 0.4) is 0 Å². The Morgan fingerprint density at radius 3 is 2.22 bits per heavy atom. The van der Waals surface area contributed by atoms with Gasteiger partial charge in [0.05, 0.1) is 11.0 Å². The molecule has 1 amide bonds. The van der Waals surface area contributed by atoms with Crippen LogP contribution in [0.1, 0.15) is 53.5 Å². The van der Waals surface area contributed by atoms with Crippen molar-refractivity contribution in [3.63, 3.8) is 0 Å². The molecular weight excluding hydrogens is 486 g/mol. The Bertz CT molecular complexity index is 1180. The van der Waals surface area contributed by atoms with Gasteiger partial charge in [-0.15, -0.1) is 0 Å². The molecule has 0 aliphatic heterocycles. The first kappa shape index (κ1) is 28.6. The second kappa shape index (κ2) is 12.5. The molecule has 0 bridgehead atoms. The standard InChI is InChI=1S/C29H39N3O4S/c1-28(2,3)35-25(33)21-32-24-16-11-10-15-23(24)30-26(32)37-20-12-18-31(27(34)36-29(4,5)6)19-17-22-13-8-7-9-14-22/h7-11,13-16H,12,17-21H2,1-6H3. The third-order valence-electron chi connectivity index (χ3n) is 5.30. The highest BCUT2D eigenvalue weighted by Gasteiger charge is 2.23. The summed E-state index contributed by atoms with van der Waals surface area (Å²) in [5.74, 6) is 0.442. The number of para-hydroxylation sites is 2. The fraction of sp³-hybridized carbons (Fsp3) is 0.483. The van der Waals surface area contributed by atoms with E-state index in [4.69, 9.17) is 14.5 Å². The molecule has 0 N–H and O–H groups in total. The minimum atomic E-state index is -0.552. The topological polar surface area (TPSA) is 73.7 Å². The number of amides is 1. The van der Waals surface area contributed by atoms with Gasteiger partial charge < -0.3 is 18.9 Å². The molecule has 3 rings (SSSR count). The number of aromatic nitrogens is 2. The van der Waals surface area contributed by atoms with Gasteiger partial charge in [-0.05, 0) is 72.1 Å². The average Bonchev–Trinajstić information content (AvgIpc) is 3.14. The SMILES string of the molecule is CC(C)(C)OC(=O)Cn1c(SCCCN(CCc2ccccc2)C(=O)OC(C)(C)C)nc2ccccc21. The van der Waals surface area contributed by atoms with E-state index >= 15 is 0 Å². The van der Waals surface area contributed by atoms with E-state index in [1.807, 2.05) is 88.6 Å². The average molecular weight is 526 g/mol. The highest BCUT2D eigenvalue weighted by atomic mass is 32.2. The predicted molar refractivity (Wildman–Crippen MR) is 149 cm³/mol. The largest absolute Gasteiger partial charge is 0.459 e. The van der Waals surface area contributed by atoms with E-state index in [-0.39, 0.29) is 18.6 Å². The van der Waals surface area contributed by atoms with Crippen molar-refractivity contribution in [2.45, 2.75) is 77.3 Å². The van der Waals surface area contributed by atoms with Crippen LogP contribution in [0.2, 0.25) is 0 Å². The number of carbonyl (C=O) groups is 2. The Balaban J connectivity index is 1.65. The van der Waals surface area contributed by atoms with Crippen molar-refractivity contribution in [2.24, 2.45) is 0 Å². The van der Waals surface area contributed by atoms with Crippen molar-refractivity contribution in [1.29, 1.82) is 0 Å². The first-order valence-electron chi connectivity index (χ1n) is 12.7. The Hall–Kier alpha value is -3.00. The fourth-order valence-corrected chi connectivity index (χ4v) is 4.71. The van der Waals surface area contributed by atoms with Crippen LogP contribution < -0.4 is 0 Å². The Kier molecular flexibility index (Phi) is 9.65. The second-order valence-electron chi connectivity index (χ2n) is 11.0. The van der Waals surface area contributed by atoms with Crippen LogP contribution in [0, 0.1) is 0 Å². The number of rotatable bonds is 10. The van der Waals surface area contributed by atoms with Crippen molar-refractivity contribution in [3.05, 3.63) is 60.2 Å². The lowest BCUT2D eigenvalue weighted by atomic mass is 10.1. The van der Waals surface area contributed by atoms with Gasteiger partial charge in [0.25, 0.3) is 0 Å². The van der Waals surface area contributed by atoms with Gasteiger partial charge in [0.15, 0.2) is 5.16 Å². The van der Waals surface area contributed by atoms with Crippen LogP contribution in [-0.2, 0) is 27.2 Å². The van der Waals surface area contributed by atoms with Gasteiger partial charge in [-0.1, -0.05) is 54.2 Å². The quantitative estimate of drug-likeness (QED) is 0.175. The minimum Gasteiger partial charge on any atom is -0.459 e. The molecule has 0 saturated heterocycles. The maximum absolute atomic E-state index is 12.9. The van der Waals surface area contributed by atoms with Crippen molar-refractivity contribution in [2.75, 3.05) is 18.8 Å². The first-order chi connectivity index (χ1) is 17.4. The number of nitrogens with zero attached hydrogens (tertiary/aromatic N) is 3. The number of ether oxygens (including phenoxy) is 2. The molecule has 3 aromatic rings. The highest BCUT2D eigenvalue weighted by Crippen LogP contribution is 2.25. The number of thioether (sulfide) groups is 1. The van der Waals surface area contributed by atoms with Crippen LogP contribution in [0.5, 0.6) is 0 Å². The molecule has 0 aliphatic rings. The van der Waals surface area contributed by atoms with Gasteiger partial charge in [0.1, 0.15) is 17.7 Å². The van der Waals surface area contributed by atoms with Crippen LogP contribution in [0.4, 0.5) is 4.79 Å². The van der Waals surface area contributed by atoms with E-state index in [9.17, 15) is 9.59 Å². The van der Waals surface area contributed by atoms with Gasteiger partial charge >= 0.3 is 12.1 Å². The minimum absolute atomic E-state index is 0.0984. The zero-order valence-electron chi connectivity index (χ0n) is 22.8. The maximum atomic E-state index is 12.9. The molecule has 0 atom stereocenters. The van der Waals surface area contributed by atoms with E-state index in [0.29, 0.717) is 13.1 Å². The monoisotopic (exact) mass is 525 g/mol. The number of hydrogen-bond acceptors (Lipinski definition) is 6. The molecule has 2 aromatic carbocycles. The molecule has 0 saturated carbocycles. The van der Waals surface area contributed by atoms with Gasteiger partial charge in [0.2, 0.25) is 0 Å². The molecule has 37 heavy (non-hydrogen) atoms. The summed E-state index contributed by atoms with van der Waals surface area (Å²) in [7, 11) is 0. The van der Waals surface area contributed by atoms with E-state index in [1.165, 1.54) is 5.56 Å². The predicted octanol–water partition coefficient (Wildman–Crippen LogP) is 6.34. The Morgan fingerprint density at radius 2 is 1.54 bits per heavy atom. The summed E-state index contributed by atoms with van der Waals surface area (Å²) in [6, 6.07) is 17.9. The van der Waals surface area contributed by atoms with E-state index in [1.54, 1.807) is 16.7 Å². The summed E-state index contributed by atoms with van der Waals surface area (Å²) in [5.41, 5.74) is 1.82. The molecule has 0 spiro atoms. The molecule has 1 heterocycles. The fourth-order valence-electron chi connectivity index (χ4n) is 3.77. The lowest BCUT2D eigenvalue weighted by molar-refractivity contribution is -0.155. The van der Waals surface area contributed by atoms with Crippen LogP contribution >= 0.6 is 11.8 Å². The van der Waals surface area contributed by atoms with Gasteiger partial charge in [-0.25, -0.2) is 9.78 Å². The second-order valence-corrected chi connectivity index (χ2v) is 12.0. The summed E-state index contributed by atoms with van der Waals surface area (Å²) in [4.78, 5) is 32.0. The molecule has 0 aliphatic carbocycles. The van der Waals surface area contributed by atoms with Crippen molar-refractivity contribution in [1.82, 2.24) is 14.5 Å². The van der Waals surface area contributed by atoms with Crippen LogP contribution in [-0.4, -0.2) is 56.6 Å². The summed E-state index contributed by atoms with van der Waals surface area (Å²) >= 11 is 1.58. The lowest BCUT2D eigenvalue weighted by Gasteiger charge is -2.27. The summed E-state index contributed by atoms with van der Waals surface area (Å²) < 4.78 is 13.1. The number of hydrogen-bond donors (Lipinski definition) is 0. The molecular formula is C29H39N3O4S. The number of imidazole rings is 1. The van der Waals surface area contributed by atoms with Crippen molar-refractivity contribution in [3.8, 4) is 0 Å². The van der Waals surface area contributed by atoms with Gasteiger partial charge in [-0.3, -0.25) is 4.79 Å². The highest BCUT2D eigenvalue weighted by molar-refractivity contribution is 7.99. The summed E-state index contributed by atoms with van der Waals surface area (Å²) in [5, 5.41) is 0.764. The molecule has 0 fully saturated rings. The van der Waals surface area contributed by atoms with Crippen molar-refractivity contribution >= 4 is 34.9 Å². The first-order valence-corrected chi connectivity index (χ1v) is 13.7. The molecule has 0 radical (unpaired) electrons. The molecule has 200 valence electrons. The van der Waals surface area contributed by atoms with Gasteiger partial charge in [-0.2, -0.15) is 0 Å². The molecule has 0 unspecified atom stereocenters. The van der Waals surface area contributed by atoms with Crippen molar-refractivity contribution < 1.29 is 19.1 Å². The molecule has 7 nitrogen and oxygen atoms in total. The number of benzene rings is 2. The third kappa shape index (κ3) is 9.43. The smallest absolute Gasteiger partial charge is 0.410 e. The van der Waals surface area contributed by atoms with E-state index < -0.39 is 11.2 Å².